The normalized spacial score (nSPS) is 42.5. The molecule has 1 saturated carbocycles. The van der Waals surface area contributed by atoms with E-state index in [1.165, 1.54) is 0 Å². The summed E-state index contributed by atoms with van der Waals surface area (Å²) < 4.78 is 0. The van der Waals surface area contributed by atoms with E-state index in [4.69, 9.17) is 0 Å². The minimum absolute atomic E-state index is 0.314. The van der Waals surface area contributed by atoms with E-state index < -0.39 is 17.1 Å². The Balaban J connectivity index is 1.71. The standard InChI is InChI=1S/C16H16O2S/c17-13-7-9-15(18)8-6-11-10-14(16(11,13)15)19-12-4-2-1-3-5-12/h1-5,7,9-11,13,17-18H,6,8H2/t11-,13?,15+,16+/m1/s1. The average molecular weight is 272 g/mol. The number of aliphatic hydroxyl groups is 2. The van der Waals surface area contributed by atoms with Crippen LogP contribution in [0, 0.1) is 11.3 Å². The maximum absolute atomic E-state index is 10.8. The first kappa shape index (κ1) is 11.8. The van der Waals surface area contributed by atoms with Crippen molar-refractivity contribution in [1.29, 1.82) is 0 Å². The monoisotopic (exact) mass is 272 g/mol. The van der Waals surface area contributed by atoms with E-state index >= 15 is 0 Å². The van der Waals surface area contributed by atoms with Crippen molar-refractivity contribution in [3.05, 3.63) is 53.5 Å². The molecular weight excluding hydrogens is 256 g/mol. The van der Waals surface area contributed by atoms with E-state index in [1.807, 2.05) is 24.3 Å². The molecule has 0 heterocycles. The van der Waals surface area contributed by atoms with Crippen molar-refractivity contribution >= 4 is 11.8 Å². The second-order valence-corrected chi connectivity index (χ2v) is 6.80. The van der Waals surface area contributed by atoms with E-state index in [2.05, 4.69) is 18.2 Å². The molecule has 4 atom stereocenters. The fourth-order valence-corrected chi connectivity index (χ4v) is 5.34. The van der Waals surface area contributed by atoms with Crippen molar-refractivity contribution in [2.45, 2.75) is 29.4 Å². The molecular formula is C16H16O2S. The van der Waals surface area contributed by atoms with Crippen LogP contribution in [-0.4, -0.2) is 21.9 Å². The molecule has 1 aromatic rings. The zero-order valence-corrected chi connectivity index (χ0v) is 11.3. The first-order chi connectivity index (χ1) is 9.17. The molecule has 0 aliphatic heterocycles. The summed E-state index contributed by atoms with van der Waals surface area (Å²) in [5.41, 5.74) is -1.31. The third kappa shape index (κ3) is 1.31. The van der Waals surface area contributed by atoms with Gasteiger partial charge in [-0.25, -0.2) is 0 Å². The number of allylic oxidation sites excluding steroid dienone is 1. The van der Waals surface area contributed by atoms with Gasteiger partial charge < -0.3 is 10.2 Å². The van der Waals surface area contributed by atoms with Crippen LogP contribution in [0.3, 0.4) is 0 Å². The van der Waals surface area contributed by atoms with E-state index in [1.54, 1.807) is 17.8 Å². The van der Waals surface area contributed by atoms with Crippen LogP contribution in [0.5, 0.6) is 0 Å². The van der Waals surface area contributed by atoms with E-state index in [0.29, 0.717) is 5.92 Å². The number of thioether (sulfide) groups is 1. The molecule has 1 fully saturated rings. The third-order valence-electron chi connectivity index (χ3n) is 4.89. The molecule has 1 spiro atoms. The highest BCUT2D eigenvalue weighted by Gasteiger charge is 2.69. The Morgan fingerprint density at radius 1 is 1.21 bits per heavy atom. The molecule has 98 valence electrons. The van der Waals surface area contributed by atoms with Crippen molar-refractivity contribution < 1.29 is 10.2 Å². The first-order valence-electron chi connectivity index (χ1n) is 6.72. The van der Waals surface area contributed by atoms with Gasteiger partial charge in [0.05, 0.1) is 17.1 Å². The average Bonchev–Trinajstić information content (AvgIpc) is 2.80. The summed E-state index contributed by atoms with van der Waals surface area (Å²) in [6.45, 7) is 0. The second-order valence-electron chi connectivity index (χ2n) is 5.69. The van der Waals surface area contributed by atoms with Gasteiger partial charge in [-0.3, -0.25) is 0 Å². The molecule has 3 aliphatic rings. The highest BCUT2D eigenvalue weighted by molar-refractivity contribution is 8.03. The smallest absolute Gasteiger partial charge is 0.0964 e. The topological polar surface area (TPSA) is 40.5 Å². The zero-order chi connectivity index (χ0) is 13.1. The molecule has 4 rings (SSSR count). The number of rotatable bonds is 2. The summed E-state index contributed by atoms with van der Waals surface area (Å²) in [6.07, 6.45) is 6.98. The molecule has 3 heteroatoms. The number of hydrogen-bond acceptors (Lipinski definition) is 3. The summed E-state index contributed by atoms with van der Waals surface area (Å²) in [4.78, 5) is 2.29. The van der Waals surface area contributed by atoms with Gasteiger partial charge in [0.1, 0.15) is 0 Å². The second kappa shape index (κ2) is 3.75. The van der Waals surface area contributed by atoms with Crippen molar-refractivity contribution in [1.82, 2.24) is 0 Å². The van der Waals surface area contributed by atoms with E-state index in [9.17, 15) is 10.2 Å². The SMILES string of the molecule is OC1C=C[C@@]2(O)CC[C@@H]3C=C(Sc4ccccc4)[C@@]132. The van der Waals surface area contributed by atoms with Gasteiger partial charge in [0, 0.05) is 4.90 Å². The highest BCUT2D eigenvalue weighted by Crippen LogP contribution is 2.69. The molecule has 19 heavy (non-hydrogen) atoms. The highest BCUT2D eigenvalue weighted by atomic mass is 32.2. The van der Waals surface area contributed by atoms with Crippen molar-refractivity contribution in [2.24, 2.45) is 11.3 Å². The molecule has 1 unspecified atom stereocenters. The molecule has 0 radical (unpaired) electrons. The Labute approximate surface area is 116 Å². The Bertz CT molecular complexity index is 580. The Morgan fingerprint density at radius 3 is 2.79 bits per heavy atom. The lowest BCUT2D eigenvalue weighted by Gasteiger charge is -2.50. The Morgan fingerprint density at radius 2 is 2.00 bits per heavy atom. The van der Waals surface area contributed by atoms with Crippen LogP contribution in [0.25, 0.3) is 0 Å². The fraction of sp³-hybridized carbons (Fsp3) is 0.375. The van der Waals surface area contributed by atoms with Gasteiger partial charge in [-0.05, 0) is 35.8 Å². The summed E-state index contributed by atoms with van der Waals surface area (Å²) in [5, 5.41) is 21.2. The fourth-order valence-electron chi connectivity index (χ4n) is 3.94. The predicted octanol–water partition coefficient (Wildman–Crippen LogP) is 2.73. The van der Waals surface area contributed by atoms with Crippen molar-refractivity contribution in [3.8, 4) is 0 Å². The number of aliphatic hydroxyl groups excluding tert-OH is 1. The summed E-state index contributed by atoms with van der Waals surface area (Å²) >= 11 is 1.68. The van der Waals surface area contributed by atoms with Gasteiger partial charge in [-0.2, -0.15) is 0 Å². The zero-order valence-electron chi connectivity index (χ0n) is 10.5. The van der Waals surface area contributed by atoms with Crippen LogP contribution in [0.4, 0.5) is 0 Å². The van der Waals surface area contributed by atoms with E-state index in [-0.39, 0.29) is 0 Å². The molecule has 2 N–H and O–H groups in total. The predicted molar refractivity (Wildman–Crippen MR) is 75.6 cm³/mol. The quantitative estimate of drug-likeness (QED) is 0.813. The molecule has 1 aromatic carbocycles. The van der Waals surface area contributed by atoms with Gasteiger partial charge in [0.25, 0.3) is 0 Å². The van der Waals surface area contributed by atoms with Gasteiger partial charge in [-0.1, -0.05) is 48.2 Å². The van der Waals surface area contributed by atoms with E-state index in [0.717, 1.165) is 22.6 Å². The van der Waals surface area contributed by atoms with Crippen molar-refractivity contribution in [3.63, 3.8) is 0 Å². The lowest BCUT2D eigenvalue weighted by molar-refractivity contribution is -0.0582. The van der Waals surface area contributed by atoms with Crippen LogP contribution in [-0.2, 0) is 0 Å². The number of hydrogen-bond donors (Lipinski definition) is 2. The van der Waals surface area contributed by atoms with Gasteiger partial charge >= 0.3 is 0 Å². The maximum atomic E-state index is 10.8. The van der Waals surface area contributed by atoms with Crippen LogP contribution < -0.4 is 0 Å². The molecule has 0 saturated heterocycles. The lowest BCUT2D eigenvalue weighted by Crippen LogP contribution is -2.54. The molecule has 0 amide bonds. The van der Waals surface area contributed by atoms with Crippen molar-refractivity contribution in [2.75, 3.05) is 0 Å². The van der Waals surface area contributed by atoms with Gasteiger partial charge in [0.15, 0.2) is 0 Å². The molecule has 3 aliphatic carbocycles. The van der Waals surface area contributed by atoms with Gasteiger partial charge in [-0.15, -0.1) is 0 Å². The minimum atomic E-state index is -0.844. The van der Waals surface area contributed by atoms with Crippen LogP contribution in [0.2, 0.25) is 0 Å². The largest absolute Gasteiger partial charge is 0.388 e. The summed E-state index contributed by atoms with van der Waals surface area (Å²) in [7, 11) is 0. The Hall–Kier alpha value is -1.03. The summed E-state index contributed by atoms with van der Waals surface area (Å²) in [6, 6.07) is 10.2. The third-order valence-corrected chi connectivity index (χ3v) is 6.09. The summed E-state index contributed by atoms with van der Waals surface area (Å²) in [5.74, 6) is 0.314. The lowest BCUT2D eigenvalue weighted by atomic mass is 9.62. The van der Waals surface area contributed by atoms with Crippen LogP contribution in [0.1, 0.15) is 12.8 Å². The van der Waals surface area contributed by atoms with Gasteiger partial charge in [0.2, 0.25) is 0 Å². The van der Waals surface area contributed by atoms with Crippen LogP contribution >= 0.6 is 11.8 Å². The minimum Gasteiger partial charge on any atom is -0.388 e. The maximum Gasteiger partial charge on any atom is 0.0964 e. The molecule has 0 bridgehead atoms. The Kier molecular flexibility index (Phi) is 2.32. The first-order valence-corrected chi connectivity index (χ1v) is 7.53. The number of benzene rings is 1. The van der Waals surface area contributed by atoms with Crippen LogP contribution in [0.15, 0.2) is 58.4 Å². The molecule has 2 nitrogen and oxygen atoms in total. The molecule has 0 aromatic heterocycles.